The second kappa shape index (κ2) is 13.7. The van der Waals surface area contributed by atoms with Crippen LogP contribution in [0.2, 0.25) is 0 Å². The number of esters is 1. The molecule has 0 fully saturated rings. The van der Waals surface area contributed by atoms with E-state index < -0.39 is 5.97 Å². The Morgan fingerprint density at radius 2 is 1.22 bits per heavy atom. The molecule has 0 atom stereocenters. The van der Waals surface area contributed by atoms with E-state index in [0.29, 0.717) is 36.9 Å². The second-order valence-electron chi connectivity index (χ2n) is 9.90. The van der Waals surface area contributed by atoms with E-state index in [1.165, 1.54) is 0 Å². The number of fused-ring (bicyclic) bond motifs is 2. The number of hydrogen-bond acceptors (Lipinski definition) is 5. The van der Waals surface area contributed by atoms with Crippen LogP contribution in [-0.4, -0.2) is 31.6 Å². The van der Waals surface area contributed by atoms with Crippen molar-refractivity contribution in [3.8, 4) is 22.6 Å². The smallest absolute Gasteiger partial charge is 0.311 e. The molecule has 41 heavy (non-hydrogen) atoms. The van der Waals surface area contributed by atoms with Gasteiger partial charge in [-0.1, -0.05) is 104 Å². The summed E-state index contributed by atoms with van der Waals surface area (Å²) in [5.74, 6) is 0.571. The number of carbonyl (C=O) groups excluding carboxylic acids is 2. The second-order valence-corrected chi connectivity index (χ2v) is 9.90. The number of Topliss-reactive ketones (excluding diaryl/α,β-unsaturated/α-hetero) is 1. The molecule has 5 heteroatoms. The zero-order valence-electron chi connectivity index (χ0n) is 23.3. The zero-order chi connectivity index (χ0) is 28.4. The average molecular weight is 547 g/mol. The molecule has 0 N–H and O–H groups in total. The quantitative estimate of drug-likeness (QED) is 0.0642. The van der Waals surface area contributed by atoms with Crippen LogP contribution in [0.1, 0.15) is 43.0 Å². The molecule has 5 nitrogen and oxygen atoms in total. The van der Waals surface area contributed by atoms with Crippen molar-refractivity contribution in [2.24, 2.45) is 0 Å². The monoisotopic (exact) mass is 546 g/mol. The van der Waals surface area contributed by atoms with E-state index >= 15 is 0 Å². The minimum Gasteiger partial charge on any atom is -0.491 e. The van der Waals surface area contributed by atoms with Gasteiger partial charge in [-0.2, -0.15) is 0 Å². The minimum absolute atomic E-state index is 0.0199. The van der Waals surface area contributed by atoms with Gasteiger partial charge < -0.3 is 14.2 Å². The first kappa shape index (κ1) is 28.1. The Morgan fingerprint density at radius 1 is 0.610 bits per heavy atom. The van der Waals surface area contributed by atoms with Crippen LogP contribution in [0.25, 0.3) is 32.7 Å². The van der Waals surface area contributed by atoms with Crippen LogP contribution in [0.15, 0.2) is 103 Å². The Morgan fingerprint density at radius 3 is 1.90 bits per heavy atom. The number of ether oxygens (including phenoxy) is 3. The summed E-state index contributed by atoms with van der Waals surface area (Å²) in [6.45, 7) is 3.73. The Balaban J connectivity index is 1.50. The van der Waals surface area contributed by atoms with Crippen LogP contribution in [0.5, 0.6) is 11.5 Å². The van der Waals surface area contributed by atoms with Crippen LogP contribution in [0.3, 0.4) is 0 Å². The molecule has 0 saturated carbocycles. The highest BCUT2D eigenvalue weighted by molar-refractivity contribution is 6.10. The first-order valence-corrected chi connectivity index (χ1v) is 14.2. The fourth-order valence-electron chi connectivity index (χ4n) is 4.94. The minimum atomic E-state index is -0.460. The highest BCUT2D eigenvalue weighted by atomic mass is 16.5. The van der Waals surface area contributed by atoms with E-state index in [1.807, 2.05) is 78.9 Å². The van der Waals surface area contributed by atoms with Crippen molar-refractivity contribution in [2.45, 2.75) is 32.6 Å². The van der Waals surface area contributed by atoms with Gasteiger partial charge in [-0.05, 0) is 40.1 Å². The Hall–Kier alpha value is -4.48. The van der Waals surface area contributed by atoms with Gasteiger partial charge in [0.1, 0.15) is 18.1 Å². The van der Waals surface area contributed by atoms with E-state index in [1.54, 1.807) is 12.1 Å². The van der Waals surface area contributed by atoms with Gasteiger partial charge in [0.05, 0.1) is 13.0 Å². The maximum absolute atomic E-state index is 13.1. The summed E-state index contributed by atoms with van der Waals surface area (Å²) in [5, 5.41) is 4.00. The summed E-state index contributed by atoms with van der Waals surface area (Å²) in [5.41, 5.74) is 2.23. The molecular formula is C36H34O5. The number of ketones is 1. The standard InChI is InChI=1S/C36H34O5/c1-2-3-23-39-24-25-40-32-20-17-26-11-7-9-15-29(26)35(32)36-30-16-10-8-12-27(30)18-21-33(36)41-34(38)22-19-31(37)28-13-5-4-6-14-28/h4-18,20-21H,2-3,19,22-25H2,1H3. The van der Waals surface area contributed by atoms with Crippen LogP contribution in [-0.2, 0) is 9.53 Å². The molecule has 5 rings (SSSR count). The number of hydrogen-bond donors (Lipinski definition) is 0. The molecular weight excluding hydrogens is 512 g/mol. The summed E-state index contributed by atoms with van der Waals surface area (Å²) >= 11 is 0. The van der Waals surface area contributed by atoms with Gasteiger partial charge in [0.15, 0.2) is 5.78 Å². The molecule has 0 amide bonds. The Kier molecular flexibility index (Phi) is 9.40. The Labute approximate surface area is 240 Å². The summed E-state index contributed by atoms with van der Waals surface area (Å²) in [6.07, 6.45) is 2.15. The molecule has 0 aliphatic heterocycles. The lowest BCUT2D eigenvalue weighted by Crippen LogP contribution is -2.12. The summed E-state index contributed by atoms with van der Waals surface area (Å²) in [6, 6.07) is 32.9. The van der Waals surface area contributed by atoms with E-state index in [9.17, 15) is 9.59 Å². The van der Waals surface area contributed by atoms with E-state index in [4.69, 9.17) is 14.2 Å². The van der Waals surface area contributed by atoms with Crippen molar-refractivity contribution >= 4 is 33.3 Å². The third-order valence-corrected chi connectivity index (χ3v) is 7.03. The molecule has 0 bridgehead atoms. The van der Waals surface area contributed by atoms with E-state index in [0.717, 1.165) is 45.5 Å². The third-order valence-electron chi connectivity index (χ3n) is 7.03. The number of rotatable bonds is 13. The predicted octanol–water partition coefficient (Wildman–Crippen LogP) is 8.42. The molecule has 0 saturated heterocycles. The topological polar surface area (TPSA) is 61.8 Å². The van der Waals surface area contributed by atoms with Gasteiger partial charge in [-0.15, -0.1) is 0 Å². The number of benzene rings is 5. The third kappa shape index (κ3) is 6.82. The van der Waals surface area contributed by atoms with Crippen molar-refractivity contribution in [2.75, 3.05) is 19.8 Å². The van der Waals surface area contributed by atoms with Gasteiger partial charge in [0, 0.05) is 29.7 Å². The molecule has 208 valence electrons. The number of unbranched alkanes of at least 4 members (excludes halogenated alkanes) is 1. The number of carbonyl (C=O) groups is 2. The largest absolute Gasteiger partial charge is 0.491 e. The molecule has 0 radical (unpaired) electrons. The highest BCUT2D eigenvalue weighted by Gasteiger charge is 2.21. The van der Waals surface area contributed by atoms with Crippen LogP contribution >= 0.6 is 0 Å². The summed E-state index contributed by atoms with van der Waals surface area (Å²) in [7, 11) is 0. The van der Waals surface area contributed by atoms with Crippen molar-refractivity contribution in [1.29, 1.82) is 0 Å². The maximum Gasteiger partial charge on any atom is 0.311 e. The molecule has 0 unspecified atom stereocenters. The fraction of sp³-hybridized carbons (Fsp3) is 0.222. The van der Waals surface area contributed by atoms with Gasteiger partial charge in [-0.3, -0.25) is 9.59 Å². The van der Waals surface area contributed by atoms with Gasteiger partial charge in [-0.25, -0.2) is 0 Å². The SMILES string of the molecule is CCCCOCCOc1ccc2ccccc2c1-c1c(OC(=O)CCC(=O)c2ccccc2)ccc2ccccc12. The van der Waals surface area contributed by atoms with Gasteiger partial charge >= 0.3 is 5.97 Å². The Bertz CT molecular complexity index is 1640. The van der Waals surface area contributed by atoms with Crippen molar-refractivity contribution in [3.05, 3.63) is 109 Å². The lowest BCUT2D eigenvalue weighted by molar-refractivity contribution is -0.134. The first-order chi connectivity index (χ1) is 20.2. The zero-order valence-corrected chi connectivity index (χ0v) is 23.3. The molecule has 0 aliphatic rings. The summed E-state index contributed by atoms with van der Waals surface area (Å²) < 4.78 is 18.0. The van der Waals surface area contributed by atoms with Crippen LogP contribution in [0.4, 0.5) is 0 Å². The summed E-state index contributed by atoms with van der Waals surface area (Å²) in [4.78, 5) is 25.7. The lowest BCUT2D eigenvalue weighted by Gasteiger charge is -2.19. The van der Waals surface area contributed by atoms with E-state index in [2.05, 4.69) is 19.1 Å². The fourth-order valence-corrected chi connectivity index (χ4v) is 4.94. The van der Waals surface area contributed by atoms with Crippen molar-refractivity contribution < 1.29 is 23.8 Å². The normalized spacial score (nSPS) is 11.0. The predicted molar refractivity (Wildman–Crippen MR) is 164 cm³/mol. The molecule has 5 aromatic rings. The average Bonchev–Trinajstić information content (AvgIpc) is 3.02. The van der Waals surface area contributed by atoms with Crippen LogP contribution < -0.4 is 9.47 Å². The first-order valence-electron chi connectivity index (χ1n) is 14.2. The van der Waals surface area contributed by atoms with Crippen molar-refractivity contribution in [3.63, 3.8) is 0 Å². The molecule has 0 spiro atoms. The lowest BCUT2D eigenvalue weighted by atomic mass is 9.92. The van der Waals surface area contributed by atoms with Crippen LogP contribution in [0, 0.1) is 0 Å². The van der Waals surface area contributed by atoms with Gasteiger partial charge in [0.25, 0.3) is 0 Å². The molecule has 5 aromatic carbocycles. The van der Waals surface area contributed by atoms with Gasteiger partial charge in [0.2, 0.25) is 0 Å². The molecule has 0 heterocycles. The van der Waals surface area contributed by atoms with E-state index in [-0.39, 0.29) is 18.6 Å². The highest BCUT2D eigenvalue weighted by Crippen LogP contribution is 2.45. The molecule has 0 aromatic heterocycles. The molecule has 0 aliphatic carbocycles. The van der Waals surface area contributed by atoms with Crippen molar-refractivity contribution in [1.82, 2.24) is 0 Å². The maximum atomic E-state index is 13.1.